The average molecular weight is 304 g/mol. The number of rotatable bonds is 6. The second kappa shape index (κ2) is 7.17. The number of aryl methyl sites for hydroxylation is 1. The van der Waals surface area contributed by atoms with Crippen LogP contribution in [0.1, 0.15) is 22.5 Å². The van der Waals surface area contributed by atoms with Gasteiger partial charge in [0.1, 0.15) is 5.82 Å². The van der Waals surface area contributed by atoms with Crippen molar-refractivity contribution in [2.45, 2.75) is 13.3 Å². The van der Waals surface area contributed by atoms with Crippen LogP contribution in [0.25, 0.3) is 5.69 Å². The molecule has 2 rings (SSSR count). The number of hydrogen-bond acceptors (Lipinski definition) is 3. The first-order valence-electron chi connectivity index (χ1n) is 7.22. The molecular weight excluding hydrogens is 283 g/mol. The van der Waals surface area contributed by atoms with E-state index in [2.05, 4.69) is 15.3 Å². The number of nitrogens with zero attached hydrogens (tertiary/aromatic N) is 3. The monoisotopic (exact) mass is 304 g/mol. The summed E-state index contributed by atoms with van der Waals surface area (Å²) in [6, 6.07) is 6.11. The van der Waals surface area contributed by atoms with Gasteiger partial charge in [-0.15, -0.1) is 0 Å². The fourth-order valence-corrected chi connectivity index (χ4v) is 2.13. The van der Waals surface area contributed by atoms with E-state index in [0.29, 0.717) is 23.5 Å². The summed E-state index contributed by atoms with van der Waals surface area (Å²) in [5.74, 6) is -0.487. The molecule has 1 aromatic carbocycles. The second-order valence-corrected chi connectivity index (χ2v) is 5.47. The molecule has 2 aromatic rings. The molecule has 0 saturated heterocycles. The highest BCUT2D eigenvalue weighted by Crippen LogP contribution is 2.13. The van der Waals surface area contributed by atoms with Crippen LogP contribution in [0.4, 0.5) is 4.39 Å². The molecule has 0 atom stereocenters. The molecule has 5 nitrogen and oxygen atoms in total. The van der Waals surface area contributed by atoms with E-state index in [0.717, 1.165) is 13.0 Å². The summed E-state index contributed by atoms with van der Waals surface area (Å²) in [6.45, 7) is 3.30. The van der Waals surface area contributed by atoms with E-state index in [1.807, 2.05) is 14.1 Å². The number of hydrogen-bond donors (Lipinski definition) is 1. The van der Waals surface area contributed by atoms with Crippen LogP contribution in [0.15, 0.2) is 30.5 Å². The summed E-state index contributed by atoms with van der Waals surface area (Å²) in [5.41, 5.74) is 1.72. The molecule has 0 aliphatic heterocycles. The van der Waals surface area contributed by atoms with Gasteiger partial charge in [-0.05, 0) is 52.2 Å². The van der Waals surface area contributed by atoms with E-state index < -0.39 is 0 Å². The third-order valence-corrected chi connectivity index (χ3v) is 3.28. The zero-order valence-corrected chi connectivity index (χ0v) is 13.1. The van der Waals surface area contributed by atoms with Crippen molar-refractivity contribution in [1.29, 1.82) is 0 Å². The first-order valence-corrected chi connectivity index (χ1v) is 7.22. The summed E-state index contributed by atoms with van der Waals surface area (Å²) >= 11 is 0. The summed E-state index contributed by atoms with van der Waals surface area (Å²) in [4.78, 5) is 14.2. The van der Waals surface area contributed by atoms with Gasteiger partial charge < -0.3 is 10.2 Å². The Kier molecular flexibility index (Phi) is 5.27. The van der Waals surface area contributed by atoms with Gasteiger partial charge in [-0.25, -0.2) is 9.07 Å². The van der Waals surface area contributed by atoms with E-state index in [1.165, 1.54) is 16.8 Å². The smallest absolute Gasteiger partial charge is 0.254 e. The zero-order valence-electron chi connectivity index (χ0n) is 13.1. The normalized spacial score (nSPS) is 11.0. The number of carbonyl (C=O) groups is 1. The number of amides is 1. The molecule has 0 spiro atoms. The lowest BCUT2D eigenvalue weighted by Crippen LogP contribution is -2.27. The molecule has 6 heteroatoms. The minimum absolute atomic E-state index is 0.154. The molecule has 0 radical (unpaired) electrons. The molecule has 0 aliphatic carbocycles. The van der Waals surface area contributed by atoms with Crippen molar-refractivity contribution in [1.82, 2.24) is 20.0 Å². The van der Waals surface area contributed by atoms with Gasteiger partial charge in [0.25, 0.3) is 5.91 Å². The predicted octanol–water partition coefficient (Wildman–Crippen LogP) is 2.00. The van der Waals surface area contributed by atoms with Gasteiger partial charge in [-0.1, -0.05) is 6.07 Å². The highest BCUT2D eigenvalue weighted by atomic mass is 19.1. The molecule has 1 heterocycles. The minimum Gasteiger partial charge on any atom is -0.352 e. The second-order valence-electron chi connectivity index (χ2n) is 5.47. The number of benzene rings is 1. The van der Waals surface area contributed by atoms with Gasteiger partial charge in [0.15, 0.2) is 0 Å². The lowest BCUT2D eigenvalue weighted by molar-refractivity contribution is 0.0951. The first kappa shape index (κ1) is 16.2. The number of aromatic nitrogens is 2. The zero-order chi connectivity index (χ0) is 16.1. The van der Waals surface area contributed by atoms with Crippen molar-refractivity contribution in [3.63, 3.8) is 0 Å². The van der Waals surface area contributed by atoms with Crippen LogP contribution < -0.4 is 5.32 Å². The molecule has 22 heavy (non-hydrogen) atoms. The van der Waals surface area contributed by atoms with E-state index in [9.17, 15) is 9.18 Å². The molecule has 0 fully saturated rings. The van der Waals surface area contributed by atoms with Crippen LogP contribution in [0.3, 0.4) is 0 Å². The molecule has 0 aliphatic rings. The van der Waals surface area contributed by atoms with Gasteiger partial charge in [0.2, 0.25) is 0 Å². The first-order chi connectivity index (χ1) is 10.5. The van der Waals surface area contributed by atoms with Gasteiger partial charge in [-0.2, -0.15) is 5.10 Å². The Morgan fingerprint density at radius 1 is 1.41 bits per heavy atom. The largest absolute Gasteiger partial charge is 0.352 e. The Labute approximate surface area is 129 Å². The topological polar surface area (TPSA) is 50.2 Å². The van der Waals surface area contributed by atoms with Gasteiger partial charge in [0.05, 0.1) is 16.9 Å². The van der Waals surface area contributed by atoms with Crippen LogP contribution in [-0.4, -0.2) is 47.8 Å². The number of nitrogens with one attached hydrogen (secondary N) is 1. The lowest BCUT2D eigenvalue weighted by Gasteiger charge is -2.09. The van der Waals surface area contributed by atoms with Crippen molar-refractivity contribution in [3.05, 3.63) is 47.5 Å². The molecule has 1 amide bonds. The molecule has 1 aromatic heterocycles. The molecule has 118 valence electrons. The molecule has 0 saturated carbocycles. The molecule has 1 N–H and O–H groups in total. The maximum atomic E-state index is 13.3. The highest BCUT2D eigenvalue weighted by molar-refractivity contribution is 5.95. The highest BCUT2D eigenvalue weighted by Gasteiger charge is 2.13. The summed E-state index contributed by atoms with van der Waals surface area (Å²) in [6.07, 6.45) is 2.52. The maximum Gasteiger partial charge on any atom is 0.254 e. The number of carbonyl (C=O) groups excluding carboxylic acids is 1. The van der Waals surface area contributed by atoms with E-state index >= 15 is 0 Å². The lowest BCUT2D eigenvalue weighted by atomic mass is 10.2. The van der Waals surface area contributed by atoms with Gasteiger partial charge >= 0.3 is 0 Å². The van der Waals surface area contributed by atoms with Gasteiger partial charge in [-0.3, -0.25) is 4.79 Å². The summed E-state index contributed by atoms with van der Waals surface area (Å²) in [7, 11) is 3.99. The Hall–Kier alpha value is -2.21. The van der Waals surface area contributed by atoms with Crippen LogP contribution in [-0.2, 0) is 0 Å². The third-order valence-electron chi connectivity index (χ3n) is 3.28. The Bertz CT molecular complexity index is 651. The van der Waals surface area contributed by atoms with Crippen LogP contribution in [0, 0.1) is 12.7 Å². The van der Waals surface area contributed by atoms with Crippen LogP contribution >= 0.6 is 0 Å². The maximum absolute atomic E-state index is 13.3. The van der Waals surface area contributed by atoms with Gasteiger partial charge in [0, 0.05) is 12.7 Å². The van der Waals surface area contributed by atoms with Crippen LogP contribution in [0.2, 0.25) is 0 Å². The Morgan fingerprint density at radius 3 is 2.86 bits per heavy atom. The SMILES string of the molecule is Cc1nn(-c2cccc(F)c2)cc1C(=O)NCCCN(C)C. The summed E-state index contributed by atoms with van der Waals surface area (Å²) in [5, 5.41) is 7.16. The van der Waals surface area contributed by atoms with E-state index in [4.69, 9.17) is 0 Å². The van der Waals surface area contributed by atoms with Crippen molar-refractivity contribution in [3.8, 4) is 5.69 Å². The molecule has 0 bridgehead atoms. The number of halogens is 1. The van der Waals surface area contributed by atoms with Crippen LogP contribution in [0.5, 0.6) is 0 Å². The average Bonchev–Trinajstić information content (AvgIpc) is 2.85. The molecular formula is C16H21FN4O. The van der Waals surface area contributed by atoms with Crippen molar-refractivity contribution in [2.75, 3.05) is 27.2 Å². The van der Waals surface area contributed by atoms with E-state index in [1.54, 1.807) is 25.3 Å². The quantitative estimate of drug-likeness (QED) is 0.831. The van der Waals surface area contributed by atoms with Crippen molar-refractivity contribution >= 4 is 5.91 Å². The minimum atomic E-state index is -0.333. The van der Waals surface area contributed by atoms with E-state index in [-0.39, 0.29) is 11.7 Å². The third kappa shape index (κ3) is 4.14. The van der Waals surface area contributed by atoms with Crippen molar-refractivity contribution < 1.29 is 9.18 Å². The molecule has 0 unspecified atom stereocenters. The Balaban J connectivity index is 2.05. The fourth-order valence-electron chi connectivity index (χ4n) is 2.13. The fraction of sp³-hybridized carbons (Fsp3) is 0.375. The van der Waals surface area contributed by atoms with Crippen molar-refractivity contribution in [2.24, 2.45) is 0 Å². The predicted molar refractivity (Wildman–Crippen MR) is 83.8 cm³/mol. The summed E-state index contributed by atoms with van der Waals surface area (Å²) < 4.78 is 14.8. The Morgan fingerprint density at radius 2 is 2.18 bits per heavy atom. The standard InChI is InChI=1S/C16H21FN4O/c1-12-15(16(22)18-8-5-9-20(2)3)11-21(19-12)14-7-4-6-13(17)10-14/h4,6-7,10-11H,5,8-9H2,1-3H3,(H,18,22).